The number of benzene rings is 2. The van der Waals surface area contributed by atoms with Crippen LogP contribution in [0, 0.1) is 6.92 Å². The highest BCUT2D eigenvalue weighted by molar-refractivity contribution is 9.10. The number of rotatable bonds is 4. The van der Waals surface area contributed by atoms with Crippen LogP contribution in [0.2, 0.25) is 0 Å². The molecule has 0 saturated heterocycles. The Labute approximate surface area is 118 Å². The number of halogens is 1. The fourth-order valence-electron chi connectivity index (χ4n) is 2.07. The van der Waals surface area contributed by atoms with Crippen molar-refractivity contribution in [3.63, 3.8) is 0 Å². The molecule has 0 aliphatic rings. The van der Waals surface area contributed by atoms with Crippen LogP contribution < -0.4 is 4.90 Å². The summed E-state index contributed by atoms with van der Waals surface area (Å²) in [6.07, 6.45) is 0. The Hall–Kier alpha value is -1.28. The van der Waals surface area contributed by atoms with Gasteiger partial charge < -0.3 is 4.90 Å². The van der Waals surface area contributed by atoms with E-state index in [-0.39, 0.29) is 0 Å². The summed E-state index contributed by atoms with van der Waals surface area (Å²) >= 11 is 3.52. The molecular weight excluding hydrogens is 286 g/mol. The van der Waals surface area contributed by atoms with Gasteiger partial charge in [-0.2, -0.15) is 0 Å². The lowest BCUT2D eigenvalue weighted by atomic mass is 10.1. The molecule has 0 aromatic heterocycles. The minimum atomic E-state index is 0.944. The van der Waals surface area contributed by atoms with E-state index < -0.39 is 0 Å². The molecular formula is C16H18BrN. The standard InChI is InChI=1S/C16H18BrN/c1-3-18(16-9-4-6-13(2)10-16)12-14-7-5-8-15(17)11-14/h4-11H,3,12H2,1-2H3. The molecule has 0 saturated carbocycles. The van der Waals surface area contributed by atoms with Gasteiger partial charge in [0.05, 0.1) is 0 Å². The maximum absolute atomic E-state index is 3.52. The largest absolute Gasteiger partial charge is 0.367 e. The second-order valence-electron chi connectivity index (χ2n) is 4.48. The predicted molar refractivity (Wildman–Crippen MR) is 82.0 cm³/mol. The van der Waals surface area contributed by atoms with E-state index in [0.29, 0.717) is 0 Å². The van der Waals surface area contributed by atoms with Crippen molar-refractivity contribution in [2.45, 2.75) is 20.4 Å². The fourth-order valence-corrected chi connectivity index (χ4v) is 2.51. The highest BCUT2D eigenvalue weighted by Crippen LogP contribution is 2.20. The SMILES string of the molecule is CCN(Cc1cccc(Br)c1)c1cccc(C)c1. The van der Waals surface area contributed by atoms with E-state index in [1.807, 2.05) is 0 Å². The first-order chi connectivity index (χ1) is 8.69. The molecule has 2 aromatic carbocycles. The monoisotopic (exact) mass is 303 g/mol. The number of hydrogen-bond acceptors (Lipinski definition) is 1. The van der Waals surface area contributed by atoms with Gasteiger partial charge in [0, 0.05) is 23.2 Å². The van der Waals surface area contributed by atoms with E-state index in [4.69, 9.17) is 0 Å². The van der Waals surface area contributed by atoms with Gasteiger partial charge in [0.2, 0.25) is 0 Å². The molecule has 0 aliphatic carbocycles. The summed E-state index contributed by atoms with van der Waals surface area (Å²) < 4.78 is 1.14. The Morgan fingerprint density at radius 3 is 2.50 bits per heavy atom. The molecule has 0 heterocycles. The molecule has 0 amide bonds. The summed E-state index contributed by atoms with van der Waals surface area (Å²) in [4.78, 5) is 2.38. The van der Waals surface area contributed by atoms with Crippen molar-refractivity contribution in [2.75, 3.05) is 11.4 Å². The van der Waals surface area contributed by atoms with E-state index in [1.165, 1.54) is 16.8 Å². The summed E-state index contributed by atoms with van der Waals surface area (Å²) in [5.74, 6) is 0. The average Bonchev–Trinajstić information content (AvgIpc) is 2.36. The van der Waals surface area contributed by atoms with Crippen LogP contribution in [0.1, 0.15) is 18.1 Å². The highest BCUT2D eigenvalue weighted by Gasteiger charge is 2.05. The van der Waals surface area contributed by atoms with Gasteiger partial charge in [0.1, 0.15) is 0 Å². The van der Waals surface area contributed by atoms with E-state index in [1.54, 1.807) is 0 Å². The van der Waals surface area contributed by atoms with Crippen LogP contribution in [0.15, 0.2) is 53.0 Å². The molecule has 1 nitrogen and oxygen atoms in total. The molecule has 18 heavy (non-hydrogen) atoms. The summed E-state index contributed by atoms with van der Waals surface area (Å²) in [5.41, 5.74) is 3.92. The van der Waals surface area contributed by atoms with Gasteiger partial charge >= 0.3 is 0 Å². The predicted octanol–water partition coefficient (Wildman–Crippen LogP) is 4.78. The van der Waals surface area contributed by atoms with Gasteiger partial charge in [0.15, 0.2) is 0 Å². The minimum Gasteiger partial charge on any atom is -0.367 e. The number of aryl methyl sites for hydroxylation is 1. The molecule has 0 atom stereocenters. The van der Waals surface area contributed by atoms with Crippen molar-refractivity contribution in [3.05, 3.63) is 64.1 Å². The Bertz CT molecular complexity index is 522. The quantitative estimate of drug-likeness (QED) is 0.785. The molecule has 0 N–H and O–H groups in total. The average molecular weight is 304 g/mol. The van der Waals surface area contributed by atoms with E-state index in [9.17, 15) is 0 Å². The Morgan fingerprint density at radius 2 is 1.83 bits per heavy atom. The molecule has 0 aliphatic heterocycles. The van der Waals surface area contributed by atoms with E-state index in [2.05, 4.69) is 83.2 Å². The minimum absolute atomic E-state index is 0.944. The van der Waals surface area contributed by atoms with Crippen LogP contribution in [0.4, 0.5) is 5.69 Å². The molecule has 0 spiro atoms. The zero-order chi connectivity index (χ0) is 13.0. The third-order valence-electron chi connectivity index (χ3n) is 3.01. The first-order valence-corrected chi connectivity index (χ1v) is 7.04. The normalized spacial score (nSPS) is 10.4. The molecule has 2 aromatic rings. The second kappa shape index (κ2) is 6.05. The zero-order valence-electron chi connectivity index (χ0n) is 10.9. The third kappa shape index (κ3) is 3.36. The van der Waals surface area contributed by atoms with Crippen molar-refractivity contribution in [1.29, 1.82) is 0 Å². The summed E-state index contributed by atoms with van der Waals surface area (Å²) in [5, 5.41) is 0. The van der Waals surface area contributed by atoms with Crippen LogP contribution in [0.5, 0.6) is 0 Å². The fraction of sp³-hybridized carbons (Fsp3) is 0.250. The molecule has 0 bridgehead atoms. The second-order valence-corrected chi connectivity index (χ2v) is 5.40. The topological polar surface area (TPSA) is 3.24 Å². The summed E-state index contributed by atoms with van der Waals surface area (Å²) in [6, 6.07) is 17.2. The van der Waals surface area contributed by atoms with E-state index in [0.717, 1.165) is 17.6 Å². The van der Waals surface area contributed by atoms with Crippen molar-refractivity contribution in [2.24, 2.45) is 0 Å². The van der Waals surface area contributed by atoms with E-state index >= 15 is 0 Å². The van der Waals surface area contributed by atoms with Crippen LogP contribution in [0.3, 0.4) is 0 Å². The Balaban J connectivity index is 2.19. The van der Waals surface area contributed by atoms with Gasteiger partial charge in [0.25, 0.3) is 0 Å². The van der Waals surface area contributed by atoms with Crippen molar-refractivity contribution in [3.8, 4) is 0 Å². The molecule has 0 unspecified atom stereocenters. The molecule has 94 valence electrons. The molecule has 0 fully saturated rings. The zero-order valence-corrected chi connectivity index (χ0v) is 12.4. The number of nitrogens with zero attached hydrogens (tertiary/aromatic N) is 1. The first-order valence-electron chi connectivity index (χ1n) is 6.25. The molecule has 0 radical (unpaired) electrons. The van der Waals surface area contributed by atoms with Gasteiger partial charge in [-0.05, 0) is 49.2 Å². The van der Waals surface area contributed by atoms with Gasteiger partial charge in [-0.3, -0.25) is 0 Å². The van der Waals surface area contributed by atoms with Crippen LogP contribution in [-0.2, 0) is 6.54 Å². The Kier molecular flexibility index (Phi) is 4.43. The Morgan fingerprint density at radius 1 is 1.06 bits per heavy atom. The van der Waals surface area contributed by atoms with Gasteiger partial charge in [-0.25, -0.2) is 0 Å². The lowest BCUT2D eigenvalue weighted by Gasteiger charge is -2.23. The smallest absolute Gasteiger partial charge is 0.0429 e. The van der Waals surface area contributed by atoms with Crippen LogP contribution in [-0.4, -0.2) is 6.54 Å². The number of anilines is 1. The van der Waals surface area contributed by atoms with Crippen LogP contribution >= 0.6 is 15.9 Å². The van der Waals surface area contributed by atoms with Crippen molar-refractivity contribution in [1.82, 2.24) is 0 Å². The molecule has 2 heteroatoms. The lowest BCUT2D eigenvalue weighted by Crippen LogP contribution is -2.21. The van der Waals surface area contributed by atoms with Gasteiger partial charge in [-0.1, -0.05) is 40.2 Å². The highest BCUT2D eigenvalue weighted by atomic mass is 79.9. The first kappa shape index (κ1) is 13.2. The van der Waals surface area contributed by atoms with Crippen molar-refractivity contribution < 1.29 is 0 Å². The summed E-state index contributed by atoms with van der Waals surface area (Å²) in [7, 11) is 0. The number of hydrogen-bond donors (Lipinski definition) is 0. The maximum atomic E-state index is 3.52. The third-order valence-corrected chi connectivity index (χ3v) is 3.50. The van der Waals surface area contributed by atoms with Gasteiger partial charge in [-0.15, -0.1) is 0 Å². The van der Waals surface area contributed by atoms with Crippen molar-refractivity contribution >= 4 is 21.6 Å². The van der Waals surface area contributed by atoms with Crippen LogP contribution in [0.25, 0.3) is 0 Å². The lowest BCUT2D eigenvalue weighted by molar-refractivity contribution is 0.831. The summed E-state index contributed by atoms with van der Waals surface area (Å²) in [6.45, 7) is 6.28. The molecule has 2 rings (SSSR count). The maximum Gasteiger partial charge on any atom is 0.0429 e.